The molecule has 4 saturated carbocycles. The number of carbonyl (C=O) groups excluding carboxylic acids is 1. The van der Waals surface area contributed by atoms with Crippen LogP contribution < -0.4 is 39.4 Å². The van der Waals surface area contributed by atoms with Crippen molar-refractivity contribution < 1.29 is 44.2 Å². The summed E-state index contributed by atoms with van der Waals surface area (Å²) in [6.45, 7) is 0. The molecule has 0 unspecified atom stereocenters. The molecule has 4 aliphatic rings. The SMILES string of the molecule is COc1ccc(-c2ccc3cc(C(=O)[O-])ccc3c2)cc1C12CC3CC(CC(C3)C1)C2.[Na+]. The van der Waals surface area contributed by atoms with Crippen LogP contribution in [0.15, 0.2) is 54.6 Å². The number of rotatable bonds is 4. The van der Waals surface area contributed by atoms with E-state index in [-0.39, 0.29) is 40.5 Å². The van der Waals surface area contributed by atoms with Crippen LogP contribution in [0, 0.1) is 17.8 Å². The van der Waals surface area contributed by atoms with Crippen LogP contribution in [0.2, 0.25) is 0 Å². The molecule has 3 aromatic rings. The normalized spacial score (nSPS) is 27.8. The Morgan fingerprint density at radius 3 is 2.03 bits per heavy atom. The van der Waals surface area contributed by atoms with Gasteiger partial charge in [0, 0.05) is 5.56 Å². The summed E-state index contributed by atoms with van der Waals surface area (Å²) in [6.07, 6.45) is 8.22. The van der Waals surface area contributed by atoms with Gasteiger partial charge in [0.15, 0.2) is 0 Å². The second-order valence-corrected chi connectivity index (χ2v) is 10.2. The minimum atomic E-state index is -1.14. The second kappa shape index (κ2) is 8.20. The molecule has 4 bridgehead atoms. The second-order valence-electron chi connectivity index (χ2n) is 10.2. The zero-order valence-corrected chi connectivity index (χ0v) is 20.9. The molecule has 4 aliphatic carbocycles. The van der Waals surface area contributed by atoms with E-state index < -0.39 is 5.97 Å². The molecule has 4 fully saturated rings. The van der Waals surface area contributed by atoms with Gasteiger partial charge < -0.3 is 14.6 Å². The van der Waals surface area contributed by atoms with Gasteiger partial charge in [-0.1, -0.05) is 30.3 Å². The van der Waals surface area contributed by atoms with Crippen LogP contribution in [0.25, 0.3) is 21.9 Å². The molecule has 7 rings (SSSR count). The van der Waals surface area contributed by atoms with Gasteiger partial charge in [-0.2, -0.15) is 0 Å². The largest absolute Gasteiger partial charge is 1.00 e. The molecule has 0 aliphatic heterocycles. The predicted octanol–water partition coefficient (Wildman–Crippen LogP) is 2.35. The predicted molar refractivity (Wildman–Crippen MR) is 120 cm³/mol. The third-order valence-electron chi connectivity index (χ3n) is 8.22. The van der Waals surface area contributed by atoms with E-state index in [9.17, 15) is 9.90 Å². The zero-order valence-electron chi connectivity index (χ0n) is 18.9. The first-order valence-electron chi connectivity index (χ1n) is 11.5. The number of aromatic carboxylic acids is 1. The molecule has 3 nitrogen and oxygen atoms in total. The van der Waals surface area contributed by atoms with Crippen LogP contribution in [0.3, 0.4) is 0 Å². The maximum Gasteiger partial charge on any atom is 1.00 e. The summed E-state index contributed by atoms with van der Waals surface area (Å²) in [4.78, 5) is 11.2. The third-order valence-corrected chi connectivity index (χ3v) is 8.22. The average molecular weight is 435 g/mol. The first-order chi connectivity index (χ1) is 15.0. The maximum atomic E-state index is 11.2. The van der Waals surface area contributed by atoms with Crippen LogP contribution in [-0.4, -0.2) is 13.1 Å². The molecule has 0 amide bonds. The van der Waals surface area contributed by atoms with Crippen molar-refractivity contribution in [1.29, 1.82) is 0 Å². The molecule has 0 radical (unpaired) electrons. The molecule has 0 N–H and O–H groups in total. The van der Waals surface area contributed by atoms with Gasteiger partial charge in [-0.15, -0.1) is 0 Å². The fourth-order valence-electron chi connectivity index (χ4n) is 7.29. The molecule has 32 heavy (non-hydrogen) atoms. The summed E-state index contributed by atoms with van der Waals surface area (Å²) in [5.41, 5.74) is 4.25. The van der Waals surface area contributed by atoms with Gasteiger partial charge in [0.2, 0.25) is 0 Å². The standard InChI is InChI=1S/C28H28O3.Na/c1-31-26-7-6-23(21-2-3-22-12-24(27(29)30)5-4-20(22)11-21)13-25(26)28-14-17-8-18(15-28)10-19(9-17)16-28;/h2-7,11-13,17-19H,8-10,14-16H2,1H3,(H,29,30);/q;+1/p-1. The number of carboxylic acids is 1. The van der Waals surface area contributed by atoms with Gasteiger partial charge >= 0.3 is 29.6 Å². The van der Waals surface area contributed by atoms with E-state index in [0.29, 0.717) is 0 Å². The Hall–Kier alpha value is -1.81. The van der Waals surface area contributed by atoms with Crippen LogP contribution in [-0.2, 0) is 5.41 Å². The summed E-state index contributed by atoms with van der Waals surface area (Å²) in [5.74, 6) is 2.56. The molecular formula is C28H27NaO3. The minimum Gasteiger partial charge on any atom is -0.545 e. The number of carboxylic acid groups (broad SMARTS) is 1. The smallest absolute Gasteiger partial charge is 0.545 e. The van der Waals surface area contributed by atoms with E-state index in [0.717, 1.165) is 39.8 Å². The number of hydrogen-bond donors (Lipinski definition) is 0. The summed E-state index contributed by atoms with van der Waals surface area (Å²) < 4.78 is 5.87. The van der Waals surface area contributed by atoms with E-state index in [2.05, 4.69) is 30.3 Å². The molecule has 4 heteroatoms. The van der Waals surface area contributed by atoms with Crippen LogP contribution in [0.1, 0.15) is 54.4 Å². The molecule has 0 aromatic heterocycles. The van der Waals surface area contributed by atoms with Crippen molar-refractivity contribution in [2.75, 3.05) is 7.11 Å². The van der Waals surface area contributed by atoms with Crippen molar-refractivity contribution in [1.82, 2.24) is 0 Å². The van der Waals surface area contributed by atoms with Crippen LogP contribution in [0.5, 0.6) is 5.75 Å². The zero-order chi connectivity index (χ0) is 21.2. The van der Waals surface area contributed by atoms with Gasteiger partial charge in [0.25, 0.3) is 0 Å². The van der Waals surface area contributed by atoms with E-state index in [1.807, 2.05) is 12.1 Å². The monoisotopic (exact) mass is 434 g/mol. The van der Waals surface area contributed by atoms with Gasteiger partial charge in [-0.25, -0.2) is 0 Å². The summed E-state index contributed by atoms with van der Waals surface area (Å²) in [5, 5.41) is 13.1. The van der Waals surface area contributed by atoms with E-state index in [1.54, 1.807) is 19.2 Å². The van der Waals surface area contributed by atoms with E-state index >= 15 is 0 Å². The Morgan fingerprint density at radius 2 is 1.41 bits per heavy atom. The summed E-state index contributed by atoms with van der Waals surface area (Å²) in [7, 11) is 1.80. The summed E-state index contributed by atoms with van der Waals surface area (Å²) >= 11 is 0. The molecule has 0 spiro atoms. The number of benzene rings is 3. The Bertz CT molecular complexity index is 1160. The Labute approximate surface area is 211 Å². The van der Waals surface area contributed by atoms with Crippen LogP contribution >= 0.6 is 0 Å². The van der Waals surface area contributed by atoms with Gasteiger partial charge in [-0.05, 0) is 113 Å². The molecule has 0 heterocycles. The van der Waals surface area contributed by atoms with Crippen molar-refractivity contribution in [3.05, 3.63) is 65.7 Å². The maximum absolute atomic E-state index is 11.2. The van der Waals surface area contributed by atoms with Gasteiger partial charge in [0.05, 0.1) is 13.1 Å². The molecule has 158 valence electrons. The average Bonchev–Trinajstić information content (AvgIpc) is 2.77. The summed E-state index contributed by atoms with van der Waals surface area (Å²) in [6, 6.07) is 18.1. The molecule has 3 aromatic carbocycles. The van der Waals surface area contributed by atoms with Gasteiger partial charge in [0.1, 0.15) is 5.75 Å². The molecule has 0 saturated heterocycles. The van der Waals surface area contributed by atoms with Crippen molar-refractivity contribution in [2.24, 2.45) is 17.8 Å². The van der Waals surface area contributed by atoms with Crippen molar-refractivity contribution in [3.8, 4) is 16.9 Å². The fourth-order valence-corrected chi connectivity index (χ4v) is 7.29. The number of methoxy groups -OCH3 is 1. The Morgan fingerprint density at radius 1 is 0.844 bits per heavy atom. The minimum absolute atomic E-state index is 0. The molecular weight excluding hydrogens is 407 g/mol. The first kappa shape index (κ1) is 22.0. The number of fused-ring (bicyclic) bond motifs is 1. The van der Waals surface area contributed by atoms with Crippen molar-refractivity contribution >= 4 is 16.7 Å². The van der Waals surface area contributed by atoms with Crippen LogP contribution in [0.4, 0.5) is 0 Å². The first-order valence-corrected chi connectivity index (χ1v) is 11.5. The van der Waals surface area contributed by atoms with Crippen molar-refractivity contribution in [2.45, 2.75) is 43.9 Å². The third kappa shape index (κ3) is 3.59. The fraction of sp³-hybridized carbons (Fsp3) is 0.393. The number of hydrogen-bond acceptors (Lipinski definition) is 3. The topological polar surface area (TPSA) is 49.4 Å². The van der Waals surface area contributed by atoms with Crippen molar-refractivity contribution in [3.63, 3.8) is 0 Å². The molecule has 0 atom stereocenters. The number of carbonyl (C=O) groups is 1. The van der Waals surface area contributed by atoms with E-state index in [1.165, 1.54) is 49.7 Å². The van der Waals surface area contributed by atoms with Gasteiger partial charge in [-0.3, -0.25) is 0 Å². The Balaban J connectivity index is 0.00000216. The Kier molecular flexibility index (Phi) is 5.64. The number of ether oxygens (including phenoxy) is 1. The quantitative estimate of drug-likeness (QED) is 0.593. The van der Waals surface area contributed by atoms with E-state index in [4.69, 9.17) is 4.74 Å².